The predicted molar refractivity (Wildman–Crippen MR) is 82.8 cm³/mol. The largest absolute Gasteiger partial charge is 0.434 e. The number of anilines is 2. The lowest BCUT2D eigenvalue weighted by molar-refractivity contribution is -0.140. The number of thiazole rings is 1. The van der Waals surface area contributed by atoms with Crippen LogP contribution in [0.25, 0.3) is 0 Å². The van der Waals surface area contributed by atoms with Crippen LogP contribution in [0.2, 0.25) is 5.15 Å². The molecule has 0 bridgehead atoms. The van der Waals surface area contributed by atoms with Gasteiger partial charge in [0.15, 0.2) is 5.69 Å². The summed E-state index contributed by atoms with van der Waals surface area (Å²) in [6, 6.07) is 1.60. The minimum atomic E-state index is -4.41. The molecular formula is C13H13ClF3N5S. The smallest absolute Gasteiger partial charge is 0.368 e. The molecule has 0 spiro atoms. The molecule has 1 fully saturated rings. The van der Waals surface area contributed by atoms with Crippen LogP contribution in [0.4, 0.5) is 24.9 Å². The van der Waals surface area contributed by atoms with Gasteiger partial charge in [0.1, 0.15) is 11.0 Å². The topological polar surface area (TPSA) is 67.9 Å². The van der Waals surface area contributed by atoms with Crippen LogP contribution in [0.5, 0.6) is 0 Å². The van der Waals surface area contributed by atoms with Gasteiger partial charge in [-0.25, -0.2) is 9.97 Å². The summed E-state index contributed by atoms with van der Waals surface area (Å²) in [5.41, 5.74) is 4.76. The lowest BCUT2D eigenvalue weighted by Crippen LogP contribution is -2.35. The van der Waals surface area contributed by atoms with Crippen molar-refractivity contribution in [3.8, 4) is 0 Å². The Kier molecular flexibility index (Phi) is 4.33. The van der Waals surface area contributed by atoms with Crippen LogP contribution in [-0.4, -0.2) is 28.0 Å². The maximum atomic E-state index is 12.7. The zero-order valence-electron chi connectivity index (χ0n) is 11.8. The molecule has 2 aromatic rings. The highest BCUT2D eigenvalue weighted by molar-refractivity contribution is 7.09. The summed E-state index contributed by atoms with van der Waals surface area (Å²) >= 11 is 6.93. The Bertz CT molecular complexity index is 685. The fourth-order valence-electron chi connectivity index (χ4n) is 2.58. The van der Waals surface area contributed by atoms with Crippen LogP contribution in [0.15, 0.2) is 11.4 Å². The van der Waals surface area contributed by atoms with Crippen molar-refractivity contribution < 1.29 is 13.2 Å². The minimum Gasteiger partial charge on any atom is -0.368 e. The van der Waals surface area contributed by atoms with Gasteiger partial charge < -0.3 is 10.6 Å². The third kappa shape index (κ3) is 3.66. The van der Waals surface area contributed by atoms with Gasteiger partial charge in [0.2, 0.25) is 5.95 Å². The van der Waals surface area contributed by atoms with Gasteiger partial charge in [-0.05, 0) is 12.8 Å². The Hall–Kier alpha value is -1.61. The number of rotatable bonds is 2. The number of nitrogens with two attached hydrogens (primary N) is 1. The van der Waals surface area contributed by atoms with Gasteiger partial charge in [-0.15, -0.1) is 11.3 Å². The average Bonchev–Trinajstić information content (AvgIpc) is 2.96. The van der Waals surface area contributed by atoms with E-state index in [-0.39, 0.29) is 17.0 Å². The molecule has 23 heavy (non-hydrogen) atoms. The Morgan fingerprint density at radius 1 is 1.30 bits per heavy atom. The second-order valence-electron chi connectivity index (χ2n) is 5.26. The van der Waals surface area contributed by atoms with E-state index in [0.29, 0.717) is 17.4 Å². The quantitative estimate of drug-likeness (QED) is 0.826. The van der Waals surface area contributed by atoms with Crippen molar-refractivity contribution in [2.75, 3.05) is 23.7 Å². The van der Waals surface area contributed by atoms with Crippen molar-refractivity contribution in [2.45, 2.75) is 24.9 Å². The second-order valence-corrected chi connectivity index (χ2v) is 6.54. The molecule has 124 valence electrons. The van der Waals surface area contributed by atoms with E-state index in [9.17, 15) is 13.2 Å². The molecule has 0 amide bonds. The molecule has 2 aromatic heterocycles. The molecule has 2 N–H and O–H groups in total. The maximum Gasteiger partial charge on any atom is 0.434 e. The Labute approximate surface area is 139 Å². The molecule has 5 nitrogen and oxygen atoms in total. The molecular weight excluding hydrogens is 351 g/mol. The van der Waals surface area contributed by atoms with Crippen LogP contribution < -0.4 is 10.6 Å². The van der Waals surface area contributed by atoms with Crippen molar-refractivity contribution >= 4 is 34.7 Å². The number of aromatic nitrogens is 3. The van der Waals surface area contributed by atoms with Gasteiger partial charge in [0.25, 0.3) is 0 Å². The standard InChI is InChI=1S/C13H13ClF3N5S/c14-9-4-10(21-12(18)20-9)22-3-1-2-7(5-22)11-19-8(6-23-11)13(15,16)17/h4,6-7H,1-3,5H2,(H2,18,20,21). The van der Waals surface area contributed by atoms with Crippen LogP contribution in [-0.2, 0) is 6.18 Å². The molecule has 0 saturated carbocycles. The summed E-state index contributed by atoms with van der Waals surface area (Å²) in [5.74, 6) is 0.586. The molecule has 0 aliphatic carbocycles. The Balaban J connectivity index is 1.79. The molecule has 3 rings (SSSR count). The van der Waals surface area contributed by atoms with Crippen LogP contribution in [0.3, 0.4) is 0 Å². The predicted octanol–water partition coefficient (Wildman–Crippen LogP) is 3.57. The number of hydrogen-bond acceptors (Lipinski definition) is 6. The third-order valence-corrected chi connectivity index (χ3v) is 4.81. The number of halogens is 4. The van der Waals surface area contributed by atoms with Gasteiger partial charge in [0.05, 0.1) is 5.01 Å². The first-order valence-corrected chi connectivity index (χ1v) is 8.16. The van der Waals surface area contributed by atoms with Crippen LogP contribution in [0.1, 0.15) is 29.5 Å². The van der Waals surface area contributed by atoms with E-state index in [0.717, 1.165) is 36.1 Å². The van der Waals surface area contributed by atoms with Crippen molar-refractivity contribution in [3.05, 3.63) is 27.3 Å². The van der Waals surface area contributed by atoms with E-state index in [1.165, 1.54) is 0 Å². The Morgan fingerprint density at radius 3 is 2.74 bits per heavy atom. The highest BCUT2D eigenvalue weighted by atomic mass is 35.5. The first kappa shape index (κ1) is 16.3. The number of hydrogen-bond donors (Lipinski definition) is 1. The molecule has 1 atom stereocenters. The van der Waals surface area contributed by atoms with E-state index in [2.05, 4.69) is 15.0 Å². The SMILES string of the molecule is Nc1nc(Cl)cc(N2CCCC(c3nc(C(F)(F)F)cs3)C2)n1. The van der Waals surface area contributed by atoms with Gasteiger partial charge in [-0.1, -0.05) is 11.6 Å². The van der Waals surface area contributed by atoms with E-state index < -0.39 is 11.9 Å². The molecule has 3 heterocycles. The summed E-state index contributed by atoms with van der Waals surface area (Å²) in [6.07, 6.45) is -2.79. The lowest BCUT2D eigenvalue weighted by atomic mass is 9.99. The Morgan fingerprint density at radius 2 is 2.09 bits per heavy atom. The van der Waals surface area contributed by atoms with Gasteiger partial charge >= 0.3 is 6.18 Å². The molecule has 10 heteroatoms. The fourth-order valence-corrected chi connectivity index (χ4v) is 3.72. The molecule has 1 saturated heterocycles. The summed E-state index contributed by atoms with van der Waals surface area (Å²) in [7, 11) is 0. The average molecular weight is 364 g/mol. The number of alkyl halides is 3. The molecule has 1 aliphatic rings. The van der Waals surface area contributed by atoms with Crippen molar-refractivity contribution in [2.24, 2.45) is 0 Å². The van der Waals surface area contributed by atoms with Crippen molar-refractivity contribution in [1.29, 1.82) is 0 Å². The molecule has 1 aliphatic heterocycles. The summed E-state index contributed by atoms with van der Waals surface area (Å²) in [6.45, 7) is 1.26. The van der Waals surface area contributed by atoms with Gasteiger partial charge in [0, 0.05) is 30.5 Å². The normalized spacial score (nSPS) is 19.1. The van der Waals surface area contributed by atoms with E-state index >= 15 is 0 Å². The van der Waals surface area contributed by atoms with E-state index in [4.69, 9.17) is 17.3 Å². The van der Waals surface area contributed by atoms with Gasteiger partial charge in [-0.2, -0.15) is 18.2 Å². The monoisotopic (exact) mass is 363 g/mol. The summed E-state index contributed by atoms with van der Waals surface area (Å²) in [4.78, 5) is 13.7. The summed E-state index contributed by atoms with van der Waals surface area (Å²) < 4.78 is 38.1. The minimum absolute atomic E-state index is 0.0696. The highest BCUT2D eigenvalue weighted by Crippen LogP contribution is 2.35. The maximum absolute atomic E-state index is 12.7. The molecule has 1 unspecified atom stereocenters. The van der Waals surface area contributed by atoms with Crippen molar-refractivity contribution in [1.82, 2.24) is 15.0 Å². The molecule has 0 radical (unpaired) electrons. The van der Waals surface area contributed by atoms with Crippen LogP contribution >= 0.6 is 22.9 Å². The van der Waals surface area contributed by atoms with E-state index in [1.807, 2.05) is 4.90 Å². The zero-order chi connectivity index (χ0) is 16.6. The highest BCUT2D eigenvalue weighted by Gasteiger charge is 2.35. The van der Waals surface area contributed by atoms with Gasteiger partial charge in [-0.3, -0.25) is 0 Å². The first-order valence-electron chi connectivity index (χ1n) is 6.90. The second kappa shape index (κ2) is 6.12. The van der Waals surface area contributed by atoms with Crippen molar-refractivity contribution in [3.63, 3.8) is 0 Å². The third-order valence-electron chi connectivity index (χ3n) is 3.61. The number of piperidine rings is 1. The lowest BCUT2D eigenvalue weighted by Gasteiger charge is -2.32. The first-order chi connectivity index (χ1) is 10.8. The van der Waals surface area contributed by atoms with Crippen LogP contribution in [0, 0.1) is 0 Å². The molecule has 0 aromatic carbocycles. The zero-order valence-corrected chi connectivity index (χ0v) is 13.4. The number of nitrogen functional groups attached to an aromatic ring is 1. The number of nitrogens with zero attached hydrogens (tertiary/aromatic N) is 4. The van der Waals surface area contributed by atoms with E-state index in [1.54, 1.807) is 6.07 Å². The fraction of sp³-hybridized carbons (Fsp3) is 0.462. The summed E-state index contributed by atoms with van der Waals surface area (Å²) in [5, 5.41) is 1.80.